The zero-order valence-electron chi connectivity index (χ0n) is 7.78. The van der Waals surface area contributed by atoms with Crippen molar-refractivity contribution in [1.29, 1.82) is 0 Å². The third-order valence-electron chi connectivity index (χ3n) is 1.73. The molecule has 15 heavy (non-hydrogen) atoms. The van der Waals surface area contributed by atoms with Gasteiger partial charge in [0.1, 0.15) is 0 Å². The Bertz CT molecular complexity index is 413. The summed E-state index contributed by atoms with van der Waals surface area (Å²) in [6.45, 7) is 1.52. The summed E-state index contributed by atoms with van der Waals surface area (Å²) in [5, 5.41) is 12.7. The van der Waals surface area contributed by atoms with E-state index in [1.807, 2.05) is 0 Å². The maximum absolute atomic E-state index is 13.3. The van der Waals surface area contributed by atoms with Crippen LogP contribution in [0.1, 0.15) is 5.56 Å². The van der Waals surface area contributed by atoms with Gasteiger partial charge in [-0.15, -0.1) is 0 Å². The summed E-state index contributed by atoms with van der Waals surface area (Å²) in [7, 11) is 0. The quantitative estimate of drug-likeness (QED) is 0.458. The number of nitro groups is 1. The van der Waals surface area contributed by atoms with Crippen LogP contribution in [0.2, 0.25) is 0 Å². The lowest BCUT2D eigenvalue weighted by molar-refractivity contribution is -0.385. The predicted octanol–water partition coefficient (Wildman–Crippen LogP) is 1.70. The van der Waals surface area contributed by atoms with Gasteiger partial charge in [-0.3, -0.25) is 10.1 Å². The number of non-ortho nitro benzene ring substituents is 1. The molecule has 0 bridgehead atoms. The molecular formula is C8H8FN3O2S. The maximum atomic E-state index is 13.3. The van der Waals surface area contributed by atoms with Gasteiger partial charge in [-0.05, 0) is 24.7 Å². The molecule has 0 aromatic heterocycles. The first-order valence-corrected chi connectivity index (χ1v) is 4.33. The average molecular weight is 229 g/mol. The van der Waals surface area contributed by atoms with Crippen LogP contribution in [0.5, 0.6) is 0 Å². The van der Waals surface area contributed by atoms with Crippen LogP contribution in [0.3, 0.4) is 0 Å². The number of nitrogens with one attached hydrogen (secondary N) is 1. The van der Waals surface area contributed by atoms with Crippen molar-refractivity contribution in [2.24, 2.45) is 5.73 Å². The predicted molar refractivity (Wildman–Crippen MR) is 58.2 cm³/mol. The van der Waals surface area contributed by atoms with Crippen molar-refractivity contribution in [3.8, 4) is 0 Å². The van der Waals surface area contributed by atoms with Crippen molar-refractivity contribution in [3.63, 3.8) is 0 Å². The van der Waals surface area contributed by atoms with E-state index in [4.69, 9.17) is 5.73 Å². The van der Waals surface area contributed by atoms with Crippen molar-refractivity contribution >= 4 is 28.7 Å². The molecule has 5 nitrogen and oxygen atoms in total. The SMILES string of the molecule is Cc1cc([N+](=O)[O-])cc(F)c1NC(N)=S. The second kappa shape index (κ2) is 4.18. The van der Waals surface area contributed by atoms with Gasteiger partial charge < -0.3 is 11.1 Å². The lowest BCUT2D eigenvalue weighted by atomic mass is 10.1. The number of halogens is 1. The molecule has 0 heterocycles. The first-order valence-electron chi connectivity index (χ1n) is 3.93. The molecule has 0 amide bonds. The highest BCUT2D eigenvalue weighted by atomic mass is 32.1. The molecule has 0 spiro atoms. The van der Waals surface area contributed by atoms with Gasteiger partial charge in [-0.2, -0.15) is 0 Å². The molecule has 0 saturated carbocycles. The third kappa shape index (κ3) is 2.59. The van der Waals surface area contributed by atoms with E-state index in [-0.39, 0.29) is 16.5 Å². The fourth-order valence-corrected chi connectivity index (χ4v) is 1.21. The largest absolute Gasteiger partial charge is 0.376 e. The van der Waals surface area contributed by atoms with Crippen LogP contribution in [0.25, 0.3) is 0 Å². The van der Waals surface area contributed by atoms with E-state index in [9.17, 15) is 14.5 Å². The molecule has 0 aliphatic heterocycles. The summed E-state index contributed by atoms with van der Waals surface area (Å²) in [6.07, 6.45) is 0. The number of anilines is 1. The molecular weight excluding hydrogens is 221 g/mol. The number of nitrogens with zero attached hydrogens (tertiary/aromatic N) is 1. The summed E-state index contributed by atoms with van der Waals surface area (Å²) in [5.74, 6) is -0.755. The molecule has 0 radical (unpaired) electrons. The lowest BCUT2D eigenvalue weighted by Crippen LogP contribution is -2.20. The molecule has 80 valence electrons. The molecule has 0 atom stereocenters. The summed E-state index contributed by atoms with van der Waals surface area (Å²) in [6, 6.07) is 2.05. The van der Waals surface area contributed by atoms with Crippen molar-refractivity contribution in [2.45, 2.75) is 6.92 Å². The zero-order valence-corrected chi connectivity index (χ0v) is 8.60. The number of nitro benzene ring substituents is 1. The number of hydrogen-bond acceptors (Lipinski definition) is 3. The minimum atomic E-state index is -0.755. The van der Waals surface area contributed by atoms with Gasteiger partial charge in [0.2, 0.25) is 0 Å². The van der Waals surface area contributed by atoms with Gasteiger partial charge in [-0.25, -0.2) is 4.39 Å². The number of benzene rings is 1. The van der Waals surface area contributed by atoms with Crippen LogP contribution >= 0.6 is 12.2 Å². The van der Waals surface area contributed by atoms with E-state index in [0.29, 0.717) is 5.56 Å². The summed E-state index contributed by atoms with van der Waals surface area (Å²) in [4.78, 5) is 9.74. The Labute approximate surface area is 90.2 Å². The van der Waals surface area contributed by atoms with E-state index >= 15 is 0 Å². The molecule has 1 aromatic rings. The van der Waals surface area contributed by atoms with Crippen LogP contribution < -0.4 is 11.1 Å². The van der Waals surface area contributed by atoms with Crippen LogP contribution in [0, 0.1) is 22.9 Å². The number of hydrogen-bond donors (Lipinski definition) is 2. The topological polar surface area (TPSA) is 81.2 Å². The van der Waals surface area contributed by atoms with E-state index in [2.05, 4.69) is 17.5 Å². The first-order chi connectivity index (χ1) is 6.91. The summed E-state index contributed by atoms with van der Waals surface area (Å²) >= 11 is 4.55. The fraction of sp³-hybridized carbons (Fsp3) is 0.125. The molecule has 1 aromatic carbocycles. The van der Waals surface area contributed by atoms with Gasteiger partial charge in [-0.1, -0.05) is 0 Å². The lowest BCUT2D eigenvalue weighted by Gasteiger charge is -2.08. The highest BCUT2D eigenvalue weighted by Crippen LogP contribution is 2.25. The standard InChI is InChI=1S/C8H8FN3O2S/c1-4-2-5(12(13)14)3-6(9)7(4)11-8(10)15/h2-3H,1H3,(H3,10,11,15). The molecule has 3 N–H and O–H groups in total. The number of nitrogens with two attached hydrogens (primary N) is 1. The molecule has 1 rings (SSSR count). The summed E-state index contributed by atoms with van der Waals surface area (Å²) < 4.78 is 13.3. The minimum absolute atomic E-state index is 0.0631. The monoisotopic (exact) mass is 229 g/mol. The van der Waals surface area contributed by atoms with E-state index in [1.165, 1.54) is 13.0 Å². The number of aryl methyl sites for hydroxylation is 1. The second-order valence-corrected chi connectivity index (χ2v) is 3.31. The minimum Gasteiger partial charge on any atom is -0.376 e. The maximum Gasteiger partial charge on any atom is 0.272 e. The van der Waals surface area contributed by atoms with Crippen molar-refractivity contribution < 1.29 is 9.31 Å². The van der Waals surface area contributed by atoms with E-state index < -0.39 is 10.7 Å². The average Bonchev–Trinajstić information content (AvgIpc) is 2.10. The Morgan fingerprint density at radius 2 is 2.27 bits per heavy atom. The van der Waals surface area contributed by atoms with Crippen molar-refractivity contribution in [3.05, 3.63) is 33.6 Å². The molecule has 7 heteroatoms. The van der Waals surface area contributed by atoms with Crippen LogP contribution in [0.4, 0.5) is 15.8 Å². The highest BCUT2D eigenvalue weighted by Gasteiger charge is 2.14. The van der Waals surface area contributed by atoms with Crippen LogP contribution in [-0.2, 0) is 0 Å². The fourth-order valence-electron chi connectivity index (χ4n) is 1.11. The molecule has 0 fully saturated rings. The van der Waals surface area contributed by atoms with E-state index in [1.54, 1.807) is 0 Å². The van der Waals surface area contributed by atoms with E-state index in [0.717, 1.165) is 6.07 Å². The smallest absolute Gasteiger partial charge is 0.272 e. The van der Waals surface area contributed by atoms with Crippen LogP contribution in [0.15, 0.2) is 12.1 Å². The van der Waals surface area contributed by atoms with Gasteiger partial charge in [0.05, 0.1) is 16.7 Å². The normalized spacial score (nSPS) is 9.73. The second-order valence-electron chi connectivity index (χ2n) is 2.87. The Kier molecular flexibility index (Phi) is 3.15. The highest BCUT2D eigenvalue weighted by molar-refractivity contribution is 7.80. The first kappa shape index (κ1) is 11.3. The van der Waals surface area contributed by atoms with Gasteiger partial charge in [0.25, 0.3) is 5.69 Å². The Morgan fingerprint density at radius 1 is 1.67 bits per heavy atom. The number of rotatable bonds is 2. The molecule has 0 unspecified atom stereocenters. The zero-order chi connectivity index (χ0) is 11.6. The third-order valence-corrected chi connectivity index (χ3v) is 1.83. The van der Waals surface area contributed by atoms with Crippen molar-refractivity contribution in [2.75, 3.05) is 5.32 Å². The van der Waals surface area contributed by atoms with Crippen LogP contribution in [-0.4, -0.2) is 10.0 Å². The molecule has 0 aliphatic rings. The molecule has 0 saturated heterocycles. The molecule has 0 aliphatic carbocycles. The Balaban J connectivity index is 3.21. The van der Waals surface area contributed by atoms with Gasteiger partial charge >= 0.3 is 0 Å². The van der Waals surface area contributed by atoms with Crippen molar-refractivity contribution in [1.82, 2.24) is 0 Å². The number of thiocarbonyl (C=S) groups is 1. The van der Waals surface area contributed by atoms with Gasteiger partial charge in [0.15, 0.2) is 10.9 Å². The van der Waals surface area contributed by atoms with Gasteiger partial charge in [0, 0.05) is 6.07 Å². The Hall–Kier alpha value is -1.76. The summed E-state index contributed by atoms with van der Waals surface area (Å²) in [5.41, 5.74) is 5.31. The Morgan fingerprint density at radius 3 is 2.67 bits per heavy atom.